The lowest BCUT2D eigenvalue weighted by atomic mass is 9.77. The largest absolute Gasteiger partial charge is 0.327 e. The number of rotatable bonds is 2. The van der Waals surface area contributed by atoms with Crippen molar-refractivity contribution < 1.29 is 0 Å². The van der Waals surface area contributed by atoms with Crippen LogP contribution in [0.15, 0.2) is 0 Å². The monoisotopic (exact) mass is 196 g/mol. The molecular formula is C12H24N2. The molecule has 0 aromatic heterocycles. The molecule has 2 fully saturated rings. The summed E-state index contributed by atoms with van der Waals surface area (Å²) in [6.45, 7) is 5.79. The minimum Gasteiger partial charge on any atom is -0.327 e. The van der Waals surface area contributed by atoms with Crippen LogP contribution in [0.3, 0.4) is 0 Å². The van der Waals surface area contributed by atoms with Gasteiger partial charge in [0.2, 0.25) is 0 Å². The molecule has 0 aromatic carbocycles. The highest BCUT2D eigenvalue weighted by molar-refractivity contribution is 4.89. The Hall–Kier alpha value is -0.0800. The molecule has 0 radical (unpaired) electrons. The Kier molecular flexibility index (Phi) is 3.13. The Morgan fingerprint density at radius 3 is 2.21 bits per heavy atom. The molecule has 82 valence electrons. The van der Waals surface area contributed by atoms with Crippen molar-refractivity contribution in [2.75, 3.05) is 19.6 Å². The molecule has 1 aliphatic heterocycles. The minimum atomic E-state index is 0.340. The third kappa shape index (κ3) is 2.29. The van der Waals surface area contributed by atoms with E-state index in [-0.39, 0.29) is 0 Å². The number of hydrogen-bond donors (Lipinski definition) is 1. The molecule has 2 rings (SSSR count). The Morgan fingerprint density at radius 1 is 1.14 bits per heavy atom. The lowest BCUT2D eigenvalue weighted by molar-refractivity contribution is 0.105. The predicted molar refractivity (Wildman–Crippen MR) is 60.2 cm³/mol. The average Bonchev–Trinajstić information content (AvgIpc) is 2.58. The smallest absolute Gasteiger partial charge is 0.0139 e. The van der Waals surface area contributed by atoms with Crippen LogP contribution in [0.4, 0.5) is 0 Å². The second kappa shape index (κ2) is 4.19. The molecule has 14 heavy (non-hydrogen) atoms. The van der Waals surface area contributed by atoms with Gasteiger partial charge in [0.25, 0.3) is 0 Å². The average molecular weight is 196 g/mol. The predicted octanol–water partition coefficient (Wildman–Crippen LogP) is 1.99. The zero-order chi connectivity index (χ0) is 10.0. The molecule has 0 bridgehead atoms. The van der Waals surface area contributed by atoms with E-state index in [1.54, 1.807) is 0 Å². The standard InChI is InChI=1S/C12H24N2/c1-11(13)10-14-8-6-12(7-9-14)4-2-3-5-12/h11H,2-10,13H2,1H3. The highest BCUT2D eigenvalue weighted by atomic mass is 15.1. The van der Waals surface area contributed by atoms with E-state index in [1.807, 2.05) is 0 Å². The fourth-order valence-corrected chi connectivity index (χ4v) is 3.24. The van der Waals surface area contributed by atoms with Gasteiger partial charge in [-0.3, -0.25) is 0 Å². The Labute approximate surface area is 87.8 Å². The van der Waals surface area contributed by atoms with Crippen LogP contribution in [0, 0.1) is 5.41 Å². The van der Waals surface area contributed by atoms with Gasteiger partial charge in [0, 0.05) is 12.6 Å². The zero-order valence-corrected chi connectivity index (χ0v) is 9.47. The Morgan fingerprint density at radius 2 is 1.71 bits per heavy atom. The summed E-state index contributed by atoms with van der Waals surface area (Å²) < 4.78 is 0. The molecule has 2 nitrogen and oxygen atoms in total. The molecular weight excluding hydrogens is 172 g/mol. The normalized spacial score (nSPS) is 29.6. The van der Waals surface area contributed by atoms with Crippen molar-refractivity contribution >= 4 is 0 Å². The maximum Gasteiger partial charge on any atom is 0.0139 e. The highest BCUT2D eigenvalue weighted by Crippen LogP contribution is 2.45. The number of nitrogens with two attached hydrogens (primary N) is 1. The third-order valence-corrected chi connectivity index (χ3v) is 4.13. The molecule has 0 aromatic rings. The van der Waals surface area contributed by atoms with Gasteiger partial charge in [-0.05, 0) is 51.1 Å². The highest BCUT2D eigenvalue weighted by Gasteiger charge is 2.36. The summed E-state index contributed by atoms with van der Waals surface area (Å²) in [5.41, 5.74) is 6.58. The lowest BCUT2D eigenvalue weighted by Crippen LogP contribution is -2.43. The summed E-state index contributed by atoms with van der Waals surface area (Å²) in [7, 11) is 0. The first kappa shape index (κ1) is 10.4. The molecule has 1 aliphatic carbocycles. The van der Waals surface area contributed by atoms with Crippen molar-refractivity contribution in [2.24, 2.45) is 11.1 Å². The van der Waals surface area contributed by atoms with Crippen molar-refractivity contribution in [3.05, 3.63) is 0 Å². The molecule has 2 aliphatic rings. The van der Waals surface area contributed by atoms with Gasteiger partial charge >= 0.3 is 0 Å². The topological polar surface area (TPSA) is 29.3 Å². The summed E-state index contributed by atoms with van der Waals surface area (Å²) in [5, 5.41) is 0. The first-order valence-corrected chi connectivity index (χ1v) is 6.18. The van der Waals surface area contributed by atoms with Gasteiger partial charge in [-0.15, -0.1) is 0 Å². The van der Waals surface area contributed by atoms with E-state index in [1.165, 1.54) is 51.6 Å². The maximum absolute atomic E-state index is 5.83. The quantitative estimate of drug-likeness (QED) is 0.732. The van der Waals surface area contributed by atoms with Gasteiger partial charge in [0.15, 0.2) is 0 Å². The van der Waals surface area contributed by atoms with Crippen LogP contribution in [0.2, 0.25) is 0 Å². The van der Waals surface area contributed by atoms with Gasteiger partial charge in [-0.25, -0.2) is 0 Å². The van der Waals surface area contributed by atoms with E-state index in [2.05, 4.69) is 11.8 Å². The molecule has 1 unspecified atom stereocenters. The molecule has 1 saturated heterocycles. The Balaban J connectivity index is 1.79. The number of hydrogen-bond acceptors (Lipinski definition) is 2. The van der Waals surface area contributed by atoms with E-state index in [0.29, 0.717) is 6.04 Å². The third-order valence-electron chi connectivity index (χ3n) is 4.13. The van der Waals surface area contributed by atoms with Gasteiger partial charge < -0.3 is 10.6 Å². The molecule has 0 amide bonds. The lowest BCUT2D eigenvalue weighted by Gasteiger charge is -2.39. The number of likely N-dealkylation sites (tertiary alicyclic amines) is 1. The fraction of sp³-hybridized carbons (Fsp3) is 1.00. The number of piperidine rings is 1. The van der Waals surface area contributed by atoms with Gasteiger partial charge in [-0.1, -0.05) is 12.8 Å². The SMILES string of the molecule is CC(N)CN1CCC2(CCCC2)CC1. The minimum absolute atomic E-state index is 0.340. The van der Waals surface area contributed by atoms with Crippen molar-refractivity contribution in [2.45, 2.75) is 51.5 Å². The van der Waals surface area contributed by atoms with Crippen LogP contribution >= 0.6 is 0 Å². The molecule has 1 heterocycles. The summed E-state index contributed by atoms with van der Waals surface area (Å²) >= 11 is 0. The molecule has 1 atom stereocenters. The first-order valence-electron chi connectivity index (χ1n) is 6.18. The van der Waals surface area contributed by atoms with E-state index in [9.17, 15) is 0 Å². The van der Waals surface area contributed by atoms with Crippen LogP contribution in [-0.4, -0.2) is 30.6 Å². The van der Waals surface area contributed by atoms with Crippen LogP contribution in [0.1, 0.15) is 45.4 Å². The van der Waals surface area contributed by atoms with Crippen molar-refractivity contribution in [1.82, 2.24) is 4.90 Å². The molecule has 2 N–H and O–H groups in total. The summed E-state index contributed by atoms with van der Waals surface area (Å²) in [6, 6.07) is 0.340. The summed E-state index contributed by atoms with van der Waals surface area (Å²) in [6.07, 6.45) is 8.82. The van der Waals surface area contributed by atoms with Crippen molar-refractivity contribution in [3.63, 3.8) is 0 Å². The van der Waals surface area contributed by atoms with Gasteiger partial charge in [0.1, 0.15) is 0 Å². The first-order chi connectivity index (χ1) is 6.70. The second-order valence-corrected chi connectivity index (χ2v) is 5.48. The van der Waals surface area contributed by atoms with E-state index >= 15 is 0 Å². The van der Waals surface area contributed by atoms with E-state index in [0.717, 1.165) is 12.0 Å². The molecule has 1 saturated carbocycles. The Bertz CT molecular complexity index is 173. The second-order valence-electron chi connectivity index (χ2n) is 5.48. The summed E-state index contributed by atoms with van der Waals surface area (Å²) in [5.74, 6) is 0. The van der Waals surface area contributed by atoms with Gasteiger partial charge in [0.05, 0.1) is 0 Å². The van der Waals surface area contributed by atoms with Crippen molar-refractivity contribution in [1.29, 1.82) is 0 Å². The summed E-state index contributed by atoms with van der Waals surface area (Å²) in [4.78, 5) is 2.55. The number of nitrogens with zero attached hydrogens (tertiary/aromatic N) is 1. The molecule has 2 heteroatoms. The van der Waals surface area contributed by atoms with Crippen LogP contribution in [0.5, 0.6) is 0 Å². The van der Waals surface area contributed by atoms with Crippen LogP contribution in [0.25, 0.3) is 0 Å². The van der Waals surface area contributed by atoms with Gasteiger partial charge in [-0.2, -0.15) is 0 Å². The maximum atomic E-state index is 5.83. The van der Waals surface area contributed by atoms with E-state index < -0.39 is 0 Å². The zero-order valence-electron chi connectivity index (χ0n) is 9.47. The molecule has 1 spiro atoms. The fourth-order valence-electron chi connectivity index (χ4n) is 3.24. The van der Waals surface area contributed by atoms with E-state index in [4.69, 9.17) is 5.73 Å². The van der Waals surface area contributed by atoms with Crippen LogP contribution < -0.4 is 5.73 Å². The van der Waals surface area contributed by atoms with Crippen molar-refractivity contribution in [3.8, 4) is 0 Å². The van der Waals surface area contributed by atoms with Crippen LogP contribution in [-0.2, 0) is 0 Å².